The molecule has 0 fully saturated rings. The number of benzene rings is 3. The second-order valence-electron chi connectivity index (χ2n) is 7.97. The Morgan fingerprint density at radius 2 is 1.64 bits per heavy atom. The SMILES string of the molecule is COc1ccc(CN2C(=O)c3ccc(C(=O)OC(C)C(=O)Nc4cc(Cl)ccc4Cl)cc3C2=O)cc1. The number of nitrogens with zero attached hydrogens (tertiary/aromatic N) is 1. The van der Waals surface area contributed by atoms with Crippen molar-refractivity contribution in [1.82, 2.24) is 4.90 Å². The molecule has 1 aliphatic rings. The Bertz CT molecular complexity index is 1370. The molecule has 36 heavy (non-hydrogen) atoms. The molecule has 1 unspecified atom stereocenters. The number of carbonyl (C=O) groups excluding carboxylic acids is 4. The first-order valence-electron chi connectivity index (χ1n) is 10.8. The molecule has 0 bridgehead atoms. The highest BCUT2D eigenvalue weighted by Gasteiger charge is 2.36. The largest absolute Gasteiger partial charge is 0.497 e. The van der Waals surface area contributed by atoms with Crippen LogP contribution in [0.1, 0.15) is 43.6 Å². The smallest absolute Gasteiger partial charge is 0.338 e. The van der Waals surface area contributed by atoms with E-state index in [0.717, 1.165) is 10.5 Å². The van der Waals surface area contributed by atoms with Crippen molar-refractivity contribution >= 4 is 52.6 Å². The summed E-state index contributed by atoms with van der Waals surface area (Å²) in [5.41, 5.74) is 1.32. The first-order chi connectivity index (χ1) is 17.2. The fourth-order valence-electron chi connectivity index (χ4n) is 3.58. The van der Waals surface area contributed by atoms with Gasteiger partial charge in [-0.3, -0.25) is 19.3 Å². The Balaban J connectivity index is 1.44. The van der Waals surface area contributed by atoms with E-state index in [0.29, 0.717) is 10.8 Å². The summed E-state index contributed by atoms with van der Waals surface area (Å²) >= 11 is 12.0. The third-order valence-corrected chi connectivity index (χ3v) is 6.11. The topological polar surface area (TPSA) is 102 Å². The molecule has 0 spiro atoms. The number of nitrogens with one attached hydrogen (secondary N) is 1. The van der Waals surface area contributed by atoms with Gasteiger partial charge in [0.05, 0.1) is 41.1 Å². The van der Waals surface area contributed by atoms with E-state index in [2.05, 4.69) is 5.32 Å². The van der Waals surface area contributed by atoms with E-state index in [1.165, 1.54) is 37.3 Å². The van der Waals surface area contributed by atoms with Crippen molar-refractivity contribution in [1.29, 1.82) is 0 Å². The number of fused-ring (bicyclic) bond motifs is 1. The highest BCUT2D eigenvalue weighted by Crippen LogP contribution is 2.28. The maximum atomic E-state index is 12.9. The van der Waals surface area contributed by atoms with Crippen LogP contribution in [0, 0.1) is 0 Å². The zero-order valence-electron chi connectivity index (χ0n) is 19.2. The molecule has 184 valence electrons. The van der Waals surface area contributed by atoms with Gasteiger partial charge in [-0.25, -0.2) is 4.79 Å². The minimum Gasteiger partial charge on any atom is -0.497 e. The van der Waals surface area contributed by atoms with Gasteiger partial charge in [-0.2, -0.15) is 0 Å². The zero-order valence-corrected chi connectivity index (χ0v) is 20.7. The lowest BCUT2D eigenvalue weighted by Gasteiger charge is -2.14. The number of esters is 1. The Labute approximate surface area is 216 Å². The predicted octanol–water partition coefficient (Wildman–Crippen LogP) is 4.98. The van der Waals surface area contributed by atoms with Crippen molar-refractivity contribution in [3.63, 3.8) is 0 Å². The van der Waals surface area contributed by atoms with Crippen LogP contribution in [0.25, 0.3) is 0 Å². The lowest BCUT2D eigenvalue weighted by Crippen LogP contribution is -2.30. The van der Waals surface area contributed by atoms with E-state index >= 15 is 0 Å². The first kappa shape index (κ1) is 25.2. The number of methoxy groups -OCH3 is 1. The van der Waals surface area contributed by atoms with Crippen LogP contribution in [0.15, 0.2) is 60.7 Å². The summed E-state index contributed by atoms with van der Waals surface area (Å²) in [5.74, 6) is -1.78. The van der Waals surface area contributed by atoms with Gasteiger partial charge >= 0.3 is 5.97 Å². The molecule has 10 heteroatoms. The molecule has 1 N–H and O–H groups in total. The molecule has 0 radical (unpaired) electrons. The average Bonchev–Trinajstić information content (AvgIpc) is 3.10. The molecular weight excluding hydrogens is 507 g/mol. The summed E-state index contributed by atoms with van der Waals surface area (Å²) in [6.45, 7) is 1.46. The van der Waals surface area contributed by atoms with Crippen LogP contribution in [0.2, 0.25) is 10.0 Å². The number of rotatable bonds is 7. The van der Waals surface area contributed by atoms with E-state index in [9.17, 15) is 19.2 Å². The van der Waals surface area contributed by atoms with Gasteiger partial charge in [0.1, 0.15) is 5.75 Å². The van der Waals surface area contributed by atoms with Crippen molar-refractivity contribution in [2.45, 2.75) is 19.6 Å². The van der Waals surface area contributed by atoms with Gasteiger partial charge in [0, 0.05) is 5.02 Å². The summed E-state index contributed by atoms with van der Waals surface area (Å²) in [7, 11) is 1.55. The molecule has 3 aromatic rings. The third kappa shape index (κ3) is 5.19. The average molecular weight is 527 g/mol. The number of carbonyl (C=O) groups is 4. The van der Waals surface area contributed by atoms with Crippen molar-refractivity contribution in [2.75, 3.05) is 12.4 Å². The number of halogens is 2. The first-order valence-corrected chi connectivity index (χ1v) is 11.5. The Morgan fingerprint density at radius 3 is 2.33 bits per heavy atom. The van der Waals surface area contributed by atoms with Crippen LogP contribution in [-0.2, 0) is 16.1 Å². The third-order valence-electron chi connectivity index (χ3n) is 5.55. The Kier molecular flexibility index (Phi) is 7.28. The maximum Gasteiger partial charge on any atom is 0.338 e. The summed E-state index contributed by atoms with van der Waals surface area (Å²) in [6, 6.07) is 15.6. The van der Waals surface area contributed by atoms with Crippen LogP contribution in [0.4, 0.5) is 5.69 Å². The van der Waals surface area contributed by atoms with Crippen molar-refractivity contribution < 1.29 is 28.7 Å². The van der Waals surface area contributed by atoms with E-state index in [-0.39, 0.29) is 33.9 Å². The normalized spacial score (nSPS) is 13.3. The van der Waals surface area contributed by atoms with Gasteiger partial charge in [0.25, 0.3) is 17.7 Å². The minimum atomic E-state index is -1.18. The highest BCUT2D eigenvalue weighted by molar-refractivity contribution is 6.35. The molecule has 0 saturated carbocycles. The summed E-state index contributed by atoms with van der Waals surface area (Å²) in [5, 5.41) is 3.20. The molecule has 8 nitrogen and oxygen atoms in total. The molecule has 0 aliphatic carbocycles. The van der Waals surface area contributed by atoms with Crippen LogP contribution in [0.5, 0.6) is 5.75 Å². The number of ether oxygens (including phenoxy) is 2. The van der Waals surface area contributed by atoms with Gasteiger partial charge in [-0.05, 0) is 61.0 Å². The number of imide groups is 1. The molecular formula is C26H20Cl2N2O6. The summed E-state index contributed by atoms with van der Waals surface area (Å²) < 4.78 is 10.4. The van der Waals surface area contributed by atoms with Gasteiger partial charge in [0.2, 0.25) is 0 Å². The van der Waals surface area contributed by atoms with Crippen molar-refractivity contribution in [3.8, 4) is 5.75 Å². The molecule has 0 saturated heterocycles. The van der Waals surface area contributed by atoms with Crippen molar-refractivity contribution in [3.05, 3.63) is 93.0 Å². The van der Waals surface area contributed by atoms with Crippen LogP contribution in [-0.4, -0.2) is 41.8 Å². The summed E-state index contributed by atoms with van der Waals surface area (Å²) in [4.78, 5) is 52.0. The van der Waals surface area contributed by atoms with Gasteiger partial charge in [-0.15, -0.1) is 0 Å². The monoisotopic (exact) mass is 526 g/mol. The second-order valence-corrected chi connectivity index (χ2v) is 8.81. The predicted molar refractivity (Wildman–Crippen MR) is 134 cm³/mol. The standard InChI is InChI=1S/C26H20Cl2N2O6/c1-14(23(31)29-22-12-17(27)6-10-21(22)28)36-26(34)16-5-9-19-20(11-16)25(33)30(24(19)32)13-15-3-7-18(35-2)8-4-15/h3-12,14H,13H2,1-2H3,(H,29,31). The summed E-state index contributed by atoms with van der Waals surface area (Å²) in [6.07, 6.45) is -1.18. The van der Waals surface area contributed by atoms with Gasteiger partial charge in [0.15, 0.2) is 6.10 Å². The highest BCUT2D eigenvalue weighted by atomic mass is 35.5. The second kappa shape index (κ2) is 10.4. The molecule has 3 aromatic carbocycles. The van der Waals surface area contributed by atoms with Gasteiger partial charge < -0.3 is 14.8 Å². The molecule has 1 atom stereocenters. The molecule has 1 aliphatic heterocycles. The molecule has 4 rings (SSSR count). The van der Waals surface area contributed by atoms with E-state index in [1.807, 2.05) is 0 Å². The molecule has 0 aromatic heterocycles. The van der Waals surface area contributed by atoms with E-state index < -0.39 is 29.8 Å². The lowest BCUT2D eigenvalue weighted by molar-refractivity contribution is -0.123. The van der Waals surface area contributed by atoms with Crippen LogP contribution in [0.3, 0.4) is 0 Å². The van der Waals surface area contributed by atoms with E-state index in [1.54, 1.807) is 37.4 Å². The zero-order chi connectivity index (χ0) is 26.0. The number of hydrogen-bond acceptors (Lipinski definition) is 6. The fourth-order valence-corrected chi connectivity index (χ4v) is 3.92. The lowest BCUT2D eigenvalue weighted by atomic mass is 10.1. The number of hydrogen-bond donors (Lipinski definition) is 1. The Morgan fingerprint density at radius 1 is 0.944 bits per heavy atom. The van der Waals surface area contributed by atoms with Crippen LogP contribution < -0.4 is 10.1 Å². The molecule has 1 heterocycles. The molecule has 3 amide bonds. The number of anilines is 1. The van der Waals surface area contributed by atoms with E-state index in [4.69, 9.17) is 32.7 Å². The quantitative estimate of drug-likeness (QED) is 0.344. The Hall–Kier alpha value is -3.88. The van der Waals surface area contributed by atoms with Crippen molar-refractivity contribution in [2.24, 2.45) is 0 Å². The van der Waals surface area contributed by atoms with Gasteiger partial charge in [-0.1, -0.05) is 35.3 Å². The number of amides is 3. The maximum absolute atomic E-state index is 12.9. The fraction of sp³-hybridized carbons (Fsp3) is 0.154. The van der Waals surface area contributed by atoms with Crippen LogP contribution >= 0.6 is 23.2 Å². The minimum absolute atomic E-state index is 0.0293.